The van der Waals surface area contributed by atoms with Crippen LogP contribution >= 0.6 is 34.2 Å². The Bertz CT molecular complexity index is 528. The fourth-order valence-corrected chi connectivity index (χ4v) is 2.60. The Balaban J connectivity index is 2.05. The van der Waals surface area contributed by atoms with Gasteiger partial charge in [-0.05, 0) is 64.8 Å². The highest BCUT2D eigenvalue weighted by atomic mass is 127. The number of hydrogen-bond donors (Lipinski definition) is 2. The Hall–Kier alpha value is -0.620. The standard InChI is InChI=1S/C15H16ClIN2/c16-15-4-2-1-3-12(15)10-14(19-18)9-11-5-7-13(17)8-6-11/h1-8,14,19H,9-10,18H2. The lowest BCUT2D eigenvalue weighted by Gasteiger charge is -2.17. The quantitative estimate of drug-likeness (QED) is 0.468. The number of benzene rings is 2. The topological polar surface area (TPSA) is 38.0 Å². The summed E-state index contributed by atoms with van der Waals surface area (Å²) in [5.41, 5.74) is 5.28. The van der Waals surface area contributed by atoms with Crippen molar-refractivity contribution in [2.24, 2.45) is 5.84 Å². The molecule has 0 bridgehead atoms. The van der Waals surface area contributed by atoms with Gasteiger partial charge in [0.05, 0.1) is 0 Å². The summed E-state index contributed by atoms with van der Waals surface area (Å²) in [7, 11) is 0. The van der Waals surface area contributed by atoms with Crippen molar-refractivity contribution < 1.29 is 0 Å². The minimum absolute atomic E-state index is 0.181. The van der Waals surface area contributed by atoms with Crippen molar-refractivity contribution in [3.63, 3.8) is 0 Å². The van der Waals surface area contributed by atoms with E-state index in [1.165, 1.54) is 9.13 Å². The molecule has 0 fully saturated rings. The lowest BCUT2D eigenvalue weighted by molar-refractivity contribution is 0.522. The molecule has 2 aromatic rings. The summed E-state index contributed by atoms with van der Waals surface area (Å²) < 4.78 is 1.24. The molecule has 0 aromatic heterocycles. The van der Waals surface area contributed by atoms with Crippen LogP contribution in [-0.2, 0) is 12.8 Å². The molecular formula is C15H16ClIN2. The van der Waals surface area contributed by atoms with Gasteiger partial charge in [-0.3, -0.25) is 11.3 Å². The molecular weight excluding hydrogens is 371 g/mol. The second kappa shape index (κ2) is 7.24. The van der Waals surface area contributed by atoms with Gasteiger partial charge in [0.2, 0.25) is 0 Å². The average Bonchev–Trinajstić information content (AvgIpc) is 2.43. The fraction of sp³-hybridized carbons (Fsp3) is 0.200. The fourth-order valence-electron chi connectivity index (χ4n) is 2.02. The Morgan fingerprint density at radius 1 is 1.05 bits per heavy atom. The van der Waals surface area contributed by atoms with Crippen molar-refractivity contribution >= 4 is 34.2 Å². The molecule has 19 heavy (non-hydrogen) atoms. The zero-order chi connectivity index (χ0) is 13.7. The lowest BCUT2D eigenvalue weighted by Crippen LogP contribution is -2.38. The SMILES string of the molecule is NNC(Cc1ccc(I)cc1)Cc1ccccc1Cl. The highest BCUT2D eigenvalue weighted by Crippen LogP contribution is 2.18. The van der Waals surface area contributed by atoms with Crippen LogP contribution in [0.4, 0.5) is 0 Å². The molecule has 2 rings (SSSR count). The number of hydrogen-bond acceptors (Lipinski definition) is 2. The second-order valence-electron chi connectivity index (χ2n) is 4.49. The third kappa shape index (κ3) is 4.45. The van der Waals surface area contributed by atoms with E-state index in [1.54, 1.807) is 0 Å². The van der Waals surface area contributed by atoms with Gasteiger partial charge < -0.3 is 0 Å². The zero-order valence-electron chi connectivity index (χ0n) is 10.4. The van der Waals surface area contributed by atoms with Crippen molar-refractivity contribution in [1.82, 2.24) is 5.43 Å². The van der Waals surface area contributed by atoms with Gasteiger partial charge in [-0.15, -0.1) is 0 Å². The largest absolute Gasteiger partial charge is 0.271 e. The van der Waals surface area contributed by atoms with Crippen LogP contribution in [-0.4, -0.2) is 6.04 Å². The monoisotopic (exact) mass is 386 g/mol. The lowest BCUT2D eigenvalue weighted by atomic mass is 9.99. The molecule has 0 saturated carbocycles. The van der Waals surface area contributed by atoms with Crippen LogP contribution in [0.25, 0.3) is 0 Å². The van der Waals surface area contributed by atoms with Crippen molar-refractivity contribution in [1.29, 1.82) is 0 Å². The van der Waals surface area contributed by atoms with Crippen molar-refractivity contribution in [3.05, 3.63) is 68.3 Å². The second-order valence-corrected chi connectivity index (χ2v) is 6.14. The van der Waals surface area contributed by atoms with Gasteiger partial charge in [0.15, 0.2) is 0 Å². The van der Waals surface area contributed by atoms with Gasteiger partial charge in [-0.1, -0.05) is 41.9 Å². The summed E-state index contributed by atoms with van der Waals surface area (Å²) in [6.45, 7) is 0. The number of rotatable bonds is 5. The molecule has 0 radical (unpaired) electrons. The smallest absolute Gasteiger partial charge is 0.0438 e. The van der Waals surface area contributed by atoms with E-state index >= 15 is 0 Å². The molecule has 2 aromatic carbocycles. The third-order valence-electron chi connectivity index (χ3n) is 3.06. The number of nitrogens with one attached hydrogen (secondary N) is 1. The summed E-state index contributed by atoms with van der Waals surface area (Å²) in [4.78, 5) is 0. The van der Waals surface area contributed by atoms with E-state index in [1.807, 2.05) is 24.3 Å². The van der Waals surface area contributed by atoms with Gasteiger partial charge in [-0.25, -0.2) is 0 Å². The third-order valence-corrected chi connectivity index (χ3v) is 4.14. The maximum atomic E-state index is 6.18. The molecule has 1 atom stereocenters. The van der Waals surface area contributed by atoms with Crippen molar-refractivity contribution in [3.8, 4) is 0 Å². The predicted octanol–water partition coefficient (Wildman–Crippen LogP) is 3.56. The predicted molar refractivity (Wildman–Crippen MR) is 89.1 cm³/mol. The van der Waals surface area contributed by atoms with E-state index < -0.39 is 0 Å². The average molecular weight is 387 g/mol. The first kappa shape index (κ1) is 14.8. The number of nitrogens with two attached hydrogens (primary N) is 1. The summed E-state index contributed by atoms with van der Waals surface area (Å²) in [5.74, 6) is 5.65. The van der Waals surface area contributed by atoms with Crippen LogP contribution in [0, 0.1) is 3.57 Å². The van der Waals surface area contributed by atoms with Gasteiger partial charge in [-0.2, -0.15) is 0 Å². The van der Waals surface area contributed by atoms with Gasteiger partial charge in [0.1, 0.15) is 0 Å². The van der Waals surface area contributed by atoms with Gasteiger partial charge in [0.25, 0.3) is 0 Å². The highest BCUT2D eigenvalue weighted by Gasteiger charge is 2.10. The van der Waals surface area contributed by atoms with E-state index in [2.05, 4.69) is 52.3 Å². The minimum Gasteiger partial charge on any atom is -0.271 e. The first-order chi connectivity index (χ1) is 9.19. The van der Waals surface area contributed by atoms with E-state index in [0.29, 0.717) is 0 Å². The van der Waals surface area contributed by atoms with Crippen LogP contribution in [0.3, 0.4) is 0 Å². The Labute approximate surface area is 132 Å². The van der Waals surface area contributed by atoms with Crippen LogP contribution in [0.5, 0.6) is 0 Å². The molecule has 1 unspecified atom stereocenters. The summed E-state index contributed by atoms with van der Waals surface area (Å²) >= 11 is 8.48. The zero-order valence-corrected chi connectivity index (χ0v) is 13.4. The van der Waals surface area contributed by atoms with E-state index in [9.17, 15) is 0 Å². The molecule has 0 amide bonds. The maximum absolute atomic E-state index is 6.18. The van der Waals surface area contributed by atoms with E-state index in [4.69, 9.17) is 17.4 Å². The molecule has 2 nitrogen and oxygen atoms in total. The molecule has 0 aliphatic rings. The van der Waals surface area contributed by atoms with E-state index in [-0.39, 0.29) is 6.04 Å². The van der Waals surface area contributed by atoms with Crippen molar-refractivity contribution in [2.75, 3.05) is 0 Å². The summed E-state index contributed by atoms with van der Waals surface area (Å²) in [6, 6.07) is 16.6. The Morgan fingerprint density at radius 2 is 1.74 bits per heavy atom. The Morgan fingerprint density at radius 3 is 2.37 bits per heavy atom. The molecule has 0 aliphatic carbocycles. The maximum Gasteiger partial charge on any atom is 0.0438 e. The van der Waals surface area contributed by atoms with Crippen molar-refractivity contribution in [2.45, 2.75) is 18.9 Å². The summed E-state index contributed by atoms with van der Waals surface area (Å²) in [6.07, 6.45) is 1.71. The van der Waals surface area contributed by atoms with Gasteiger partial charge in [0, 0.05) is 14.6 Å². The molecule has 4 heteroatoms. The molecule has 0 saturated heterocycles. The normalized spacial score (nSPS) is 12.4. The molecule has 0 spiro atoms. The number of halogens is 2. The van der Waals surface area contributed by atoms with Crippen LogP contribution < -0.4 is 11.3 Å². The minimum atomic E-state index is 0.181. The van der Waals surface area contributed by atoms with Crippen LogP contribution in [0.2, 0.25) is 5.02 Å². The molecule has 0 aliphatic heterocycles. The first-order valence-electron chi connectivity index (χ1n) is 6.13. The summed E-state index contributed by atoms with van der Waals surface area (Å²) in [5, 5.41) is 0.797. The first-order valence-corrected chi connectivity index (χ1v) is 7.58. The molecule has 0 heterocycles. The highest BCUT2D eigenvalue weighted by molar-refractivity contribution is 14.1. The number of hydrazine groups is 1. The molecule has 100 valence electrons. The van der Waals surface area contributed by atoms with E-state index in [0.717, 1.165) is 23.4 Å². The van der Waals surface area contributed by atoms with Crippen LogP contribution in [0.15, 0.2) is 48.5 Å². The van der Waals surface area contributed by atoms with Gasteiger partial charge >= 0.3 is 0 Å². The molecule has 3 N–H and O–H groups in total. The Kier molecular flexibility index (Phi) is 5.63. The van der Waals surface area contributed by atoms with Crippen LogP contribution in [0.1, 0.15) is 11.1 Å².